The van der Waals surface area contributed by atoms with Crippen molar-refractivity contribution in [2.75, 3.05) is 7.05 Å². The molecule has 0 N–H and O–H groups in total. The molecule has 0 aliphatic rings. The third-order valence-corrected chi connectivity index (χ3v) is 1.24. The van der Waals surface area contributed by atoms with Crippen molar-refractivity contribution in [2.45, 2.75) is 27.2 Å². The minimum absolute atomic E-state index is 0.788. The molecule has 2 heteroatoms. The van der Waals surface area contributed by atoms with Gasteiger partial charge in [0.05, 0.1) is 5.76 Å². The van der Waals surface area contributed by atoms with E-state index in [0.29, 0.717) is 0 Å². The fourth-order valence-corrected chi connectivity index (χ4v) is 0.521. The SMILES string of the molecule is C/C=C(/C)OC(CC)=NC. The number of rotatable bonds is 2. The van der Waals surface area contributed by atoms with E-state index < -0.39 is 0 Å². The van der Waals surface area contributed by atoms with Crippen LogP contribution in [0.3, 0.4) is 0 Å². The van der Waals surface area contributed by atoms with Gasteiger partial charge in [-0.15, -0.1) is 0 Å². The van der Waals surface area contributed by atoms with E-state index in [0.717, 1.165) is 18.1 Å². The summed E-state index contributed by atoms with van der Waals surface area (Å²) in [7, 11) is 1.74. The molecule has 0 aliphatic heterocycles. The van der Waals surface area contributed by atoms with Crippen molar-refractivity contribution in [1.29, 1.82) is 0 Å². The first-order valence-electron chi connectivity index (χ1n) is 3.51. The summed E-state index contributed by atoms with van der Waals surface area (Å²) < 4.78 is 5.31. The Morgan fingerprint density at radius 3 is 2.50 bits per heavy atom. The van der Waals surface area contributed by atoms with Gasteiger partial charge in [0, 0.05) is 13.5 Å². The summed E-state index contributed by atoms with van der Waals surface area (Å²) >= 11 is 0. The van der Waals surface area contributed by atoms with Crippen LogP contribution in [0.5, 0.6) is 0 Å². The van der Waals surface area contributed by atoms with Crippen LogP contribution in [-0.4, -0.2) is 12.9 Å². The monoisotopic (exact) mass is 141 g/mol. The molecule has 0 amide bonds. The average Bonchev–Trinajstić information content (AvgIpc) is 1.99. The Hall–Kier alpha value is -0.790. The van der Waals surface area contributed by atoms with Gasteiger partial charge in [-0.25, -0.2) is 0 Å². The van der Waals surface area contributed by atoms with Crippen molar-refractivity contribution >= 4 is 5.90 Å². The van der Waals surface area contributed by atoms with Gasteiger partial charge in [0.2, 0.25) is 0 Å². The molecule has 0 bridgehead atoms. The molecule has 0 spiro atoms. The van der Waals surface area contributed by atoms with Crippen molar-refractivity contribution in [3.63, 3.8) is 0 Å². The van der Waals surface area contributed by atoms with Crippen molar-refractivity contribution < 1.29 is 4.74 Å². The predicted molar refractivity (Wildman–Crippen MR) is 44.2 cm³/mol. The molecular formula is C8H15NO. The Kier molecular flexibility index (Phi) is 4.63. The third kappa shape index (κ3) is 3.28. The second-order valence-electron chi connectivity index (χ2n) is 1.97. The van der Waals surface area contributed by atoms with Gasteiger partial charge in [0.25, 0.3) is 0 Å². The average molecular weight is 141 g/mol. The van der Waals surface area contributed by atoms with Crippen molar-refractivity contribution in [2.24, 2.45) is 4.99 Å². The normalized spacial score (nSPS) is 13.6. The maximum Gasteiger partial charge on any atom is 0.189 e. The van der Waals surface area contributed by atoms with E-state index in [1.165, 1.54) is 0 Å². The van der Waals surface area contributed by atoms with E-state index in [-0.39, 0.29) is 0 Å². The molecule has 0 saturated heterocycles. The lowest BCUT2D eigenvalue weighted by atomic mass is 10.4. The fraction of sp³-hybridized carbons (Fsp3) is 0.625. The maximum absolute atomic E-state index is 5.31. The molecule has 0 rings (SSSR count). The largest absolute Gasteiger partial charge is 0.448 e. The summed E-state index contributed by atoms with van der Waals surface area (Å²) in [6, 6.07) is 0. The minimum Gasteiger partial charge on any atom is -0.448 e. The Bertz CT molecular complexity index is 147. The highest BCUT2D eigenvalue weighted by atomic mass is 16.5. The highest BCUT2D eigenvalue weighted by Gasteiger charge is 1.94. The van der Waals surface area contributed by atoms with Crippen molar-refractivity contribution in [3.8, 4) is 0 Å². The molecule has 0 aromatic heterocycles. The van der Waals surface area contributed by atoms with Gasteiger partial charge < -0.3 is 4.74 Å². The Morgan fingerprint density at radius 1 is 1.60 bits per heavy atom. The Morgan fingerprint density at radius 2 is 2.20 bits per heavy atom. The molecule has 0 unspecified atom stereocenters. The molecule has 0 aliphatic carbocycles. The first kappa shape index (κ1) is 9.21. The molecule has 0 saturated carbocycles. The van der Waals surface area contributed by atoms with Gasteiger partial charge in [-0.1, -0.05) is 6.92 Å². The zero-order chi connectivity index (χ0) is 7.98. The highest BCUT2D eigenvalue weighted by Crippen LogP contribution is 1.98. The number of hydrogen-bond donors (Lipinski definition) is 0. The summed E-state index contributed by atoms with van der Waals surface area (Å²) in [4.78, 5) is 3.95. The summed E-state index contributed by atoms with van der Waals surface area (Å²) in [5, 5.41) is 0. The lowest BCUT2D eigenvalue weighted by Crippen LogP contribution is -2.00. The van der Waals surface area contributed by atoms with Crippen LogP contribution >= 0.6 is 0 Å². The standard InChI is InChI=1S/C8H15NO/c1-5-7(3)10-8(6-2)9-4/h5H,6H2,1-4H3/b7-5-,9-8?. The van der Waals surface area contributed by atoms with Crippen molar-refractivity contribution in [3.05, 3.63) is 11.8 Å². The minimum atomic E-state index is 0.788. The van der Waals surface area contributed by atoms with Gasteiger partial charge in [0.15, 0.2) is 5.90 Å². The van der Waals surface area contributed by atoms with Gasteiger partial charge in [0.1, 0.15) is 0 Å². The molecule has 10 heavy (non-hydrogen) atoms. The molecule has 0 radical (unpaired) electrons. The second-order valence-corrected chi connectivity index (χ2v) is 1.97. The Balaban J connectivity index is 3.88. The van der Waals surface area contributed by atoms with Gasteiger partial charge >= 0.3 is 0 Å². The first-order chi connectivity index (χ1) is 4.74. The molecule has 0 aromatic rings. The zero-order valence-corrected chi connectivity index (χ0v) is 7.14. The summed E-state index contributed by atoms with van der Waals surface area (Å²) in [6.07, 6.45) is 2.77. The Labute approximate surface area is 62.6 Å². The van der Waals surface area contributed by atoms with Crippen LogP contribution in [0, 0.1) is 0 Å². The van der Waals surface area contributed by atoms with Crippen LogP contribution in [-0.2, 0) is 4.74 Å². The third-order valence-electron chi connectivity index (χ3n) is 1.24. The van der Waals surface area contributed by atoms with Crippen LogP contribution < -0.4 is 0 Å². The van der Waals surface area contributed by atoms with Crippen molar-refractivity contribution in [1.82, 2.24) is 0 Å². The van der Waals surface area contributed by atoms with Gasteiger partial charge in [-0.05, 0) is 19.9 Å². The maximum atomic E-state index is 5.31. The number of allylic oxidation sites excluding steroid dienone is 2. The predicted octanol–water partition coefficient (Wildman–Crippen LogP) is 2.37. The van der Waals surface area contributed by atoms with Crippen LogP contribution in [0.2, 0.25) is 0 Å². The fourth-order valence-electron chi connectivity index (χ4n) is 0.521. The van der Waals surface area contributed by atoms with Gasteiger partial charge in [-0.2, -0.15) is 0 Å². The molecule has 0 atom stereocenters. The lowest BCUT2D eigenvalue weighted by molar-refractivity contribution is 0.404. The topological polar surface area (TPSA) is 21.6 Å². The van der Waals surface area contributed by atoms with Gasteiger partial charge in [-0.3, -0.25) is 4.99 Å². The van der Waals surface area contributed by atoms with E-state index >= 15 is 0 Å². The summed E-state index contributed by atoms with van der Waals surface area (Å²) in [5.41, 5.74) is 0. The second kappa shape index (κ2) is 5.03. The van der Waals surface area contributed by atoms with Crippen LogP contribution in [0.1, 0.15) is 27.2 Å². The molecule has 2 nitrogen and oxygen atoms in total. The lowest BCUT2D eigenvalue weighted by Gasteiger charge is -2.04. The van der Waals surface area contributed by atoms with E-state index in [2.05, 4.69) is 4.99 Å². The van der Waals surface area contributed by atoms with E-state index in [4.69, 9.17) is 4.74 Å². The summed E-state index contributed by atoms with van der Waals surface area (Å²) in [5.74, 6) is 1.69. The first-order valence-corrected chi connectivity index (χ1v) is 3.51. The molecule has 0 heterocycles. The molecule has 0 aromatic carbocycles. The number of nitrogens with zero attached hydrogens (tertiary/aromatic N) is 1. The number of hydrogen-bond acceptors (Lipinski definition) is 2. The van der Waals surface area contributed by atoms with E-state index in [1.807, 2.05) is 26.8 Å². The number of ether oxygens (including phenoxy) is 1. The molecule has 58 valence electrons. The quantitative estimate of drug-likeness (QED) is 0.328. The van der Waals surface area contributed by atoms with Crippen LogP contribution in [0.4, 0.5) is 0 Å². The highest BCUT2D eigenvalue weighted by molar-refractivity contribution is 5.76. The van der Waals surface area contributed by atoms with E-state index in [9.17, 15) is 0 Å². The van der Waals surface area contributed by atoms with Crippen LogP contribution in [0.15, 0.2) is 16.8 Å². The zero-order valence-electron chi connectivity index (χ0n) is 7.14. The van der Waals surface area contributed by atoms with E-state index in [1.54, 1.807) is 7.05 Å². The smallest absolute Gasteiger partial charge is 0.189 e. The van der Waals surface area contributed by atoms with Crippen LogP contribution in [0.25, 0.3) is 0 Å². The molecular weight excluding hydrogens is 126 g/mol. The summed E-state index contributed by atoms with van der Waals surface area (Å²) in [6.45, 7) is 5.88. The molecule has 0 fully saturated rings. The number of aliphatic imine (C=N–C) groups is 1.